The molecule has 1 unspecified atom stereocenters. The van der Waals surface area contributed by atoms with E-state index in [1.165, 1.54) is 17.2 Å². The lowest BCUT2D eigenvalue weighted by Crippen LogP contribution is -2.33. The summed E-state index contributed by atoms with van der Waals surface area (Å²) in [5.41, 5.74) is 1.73. The fourth-order valence-electron chi connectivity index (χ4n) is 2.63. The van der Waals surface area contributed by atoms with Gasteiger partial charge in [-0.25, -0.2) is 15.0 Å². The zero-order chi connectivity index (χ0) is 15.7. The first kappa shape index (κ1) is 15.3. The Labute approximate surface area is 125 Å². The van der Waals surface area contributed by atoms with Crippen molar-refractivity contribution in [3.63, 3.8) is 0 Å². The van der Waals surface area contributed by atoms with E-state index in [0.29, 0.717) is 29.7 Å². The lowest BCUT2D eigenvalue weighted by atomic mass is 10.1. The van der Waals surface area contributed by atoms with Gasteiger partial charge in [0, 0.05) is 6.61 Å². The van der Waals surface area contributed by atoms with Gasteiger partial charge in [-0.05, 0) is 12.8 Å². The van der Waals surface area contributed by atoms with Crippen molar-refractivity contribution in [2.75, 3.05) is 13.2 Å². The van der Waals surface area contributed by atoms with Crippen molar-refractivity contribution in [2.45, 2.75) is 37.4 Å². The monoisotopic (exact) mass is 310 g/mol. The van der Waals surface area contributed by atoms with Gasteiger partial charge in [0.2, 0.25) is 0 Å². The molecule has 9 nitrogen and oxygen atoms in total. The van der Waals surface area contributed by atoms with Gasteiger partial charge in [-0.3, -0.25) is 4.57 Å². The van der Waals surface area contributed by atoms with E-state index in [0.717, 1.165) is 0 Å². The number of rotatable bonds is 5. The highest BCUT2D eigenvalue weighted by Crippen LogP contribution is 2.31. The minimum absolute atomic E-state index is 0.0566. The van der Waals surface area contributed by atoms with Crippen LogP contribution in [0.5, 0.6) is 0 Å². The zero-order valence-electron chi connectivity index (χ0n) is 11.8. The van der Waals surface area contributed by atoms with Crippen LogP contribution < -0.4 is 0 Å². The summed E-state index contributed by atoms with van der Waals surface area (Å²) in [4.78, 5) is 12.6. The van der Waals surface area contributed by atoms with Crippen LogP contribution in [0.1, 0.15) is 18.3 Å². The van der Waals surface area contributed by atoms with Crippen molar-refractivity contribution in [1.82, 2.24) is 19.5 Å². The molecule has 9 heteroatoms. The van der Waals surface area contributed by atoms with Gasteiger partial charge in [-0.1, -0.05) is 0 Å². The number of hydrogen-bond acceptors (Lipinski definition) is 8. The Morgan fingerprint density at radius 3 is 2.64 bits per heavy atom. The lowest BCUT2D eigenvalue weighted by Gasteiger charge is -2.16. The van der Waals surface area contributed by atoms with E-state index in [4.69, 9.17) is 14.9 Å². The lowest BCUT2D eigenvalue weighted by molar-refractivity contribution is -0.0511. The summed E-state index contributed by atoms with van der Waals surface area (Å²) in [5, 5.41) is 38.0. The van der Waals surface area contributed by atoms with E-state index >= 15 is 0 Å². The van der Waals surface area contributed by atoms with E-state index in [-0.39, 0.29) is 6.61 Å². The first-order valence-electron chi connectivity index (χ1n) is 7.07. The van der Waals surface area contributed by atoms with Gasteiger partial charge in [0.15, 0.2) is 11.9 Å². The molecule has 4 atom stereocenters. The van der Waals surface area contributed by atoms with Gasteiger partial charge in [0.1, 0.15) is 30.2 Å². The van der Waals surface area contributed by atoms with Crippen molar-refractivity contribution in [3.8, 4) is 0 Å². The number of aliphatic hydroxyl groups excluding tert-OH is 4. The molecule has 0 bridgehead atoms. The number of aliphatic hydroxyl groups is 4. The highest BCUT2D eigenvalue weighted by Gasteiger charge is 2.43. The minimum atomic E-state index is -1.19. The maximum absolute atomic E-state index is 10.1. The normalized spacial score (nSPS) is 28.5. The third-order valence-corrected chi connectivity index (χ3v) is 3.80. The SMILES string of the molecule is OCCCc1ncnc2c1ncn2[C@@H]1O[C@H](CO)[C@H](O)C1O. The molecule has 3 rings (SSSR count). The molecule has 0 spiro atoms. The molecule has 2 aromatic rings. The predicted molar refractivity (Wildman–Crippen MR) is 73.7 cm³/mol. The quantitative estimate of drug-likeness (QED) is 0.517. The van der Waals surface area contributed by atoms with Crippen LogP contribution in [0, 0.1) is 0 Å². The van der Waals surface area contributed by atoms with Crippen LogP contribution in [0.25, 0.3) is 11.2 Å². The third kappa shape index (κ3) is 2.46. The zero-order valence-corrected chi connectivity index (χ0v) is 11.8. The van der Waals surface area contributed by atoms with Crippen molar-refractivity contribution in [1.29, 1.82) is 0 Å². The second-order valence-electron chi connectivity index (χ2n) is 5.20. The molecule has 0 radical (unpaired) electrons. The van der Waals surface area contributed by atoms with E-state index in [1.54, 1.807) is 0 Å². The largest absolute Gasteiger partial charge is 0.396 e. The Hall–Kier alpha value is -1.65. The Balaban J connectivity index is 1.95. The smallest absolute Gasteiger partial charge is 0.165 e. The van der Waals surface area contributed by atoms with Gasteiger partial charge in [-0.15, -0.1) is 0 Å². The summed E-state index contributed by atoms with van der Waals surface area (Å²) in [6, 6.07) is 0. The van der Waals surface area contributed by atoms with Gasteiger partial charge >= 0.3 is 0 Å². The second kappa shape index (κ2) is 6.23. The number of hydrogen-bond donors (Lipinski definition) is 4. The predicted octanol–water partition coefficient (Wildman–Crippen LogP) is -1.64. The molecular weight excluding hydrogens is 292 g/mol. The number of fused-ring (bicyclic) bond motifs is 1. The molecule has 0 saturated carbocycles. The van der Waals surface area contributed by atoms with Crippen LogP contribution >= 0.6 is 0 Å². The third-order valence-electron chi connectivity index (χ3n) is 3.80. The summed E-state index contributed by atoms with van der Waals surface area (Å²) in [7, 11) is 0. The molecule has 1 saturated heterocycles. The molecular formula is C13H18N4O5. The number of aryl methyl sites for hydroxylation is 1. The molecule has 3 heterocycles. The minimum Gasteiger partial charge on any atom is -0.396 e. The average molecular weight is 310 g/mol. The maximum Gasteiger partial charge on any atom is 0.165 e. The number of nitrogens with zero attached hydrogens (tertiary/aromatic N) is 4. The first-order chi connectivity index (χ1) is 10.7. The van der Waals surface area contributed by atoms with Gasteiger partial charge < -0.3 is 25.2 Å². The molecule has 4 N–H and O–H groups in total. The summed E-state index contributed by atoms with van der Waals surface area (Å²) in [6.45, 7) is -0.334. The summed E-state index contributed by atoms with van der Waals surface area (Å²) < 4.78 is 7.00. The van der Waals surface area contributed by atoms with Crippen LogP contribution in [-0.4, -0.2) is 71.5 Å². The fraction of sp³-hybridized carbons (Fsp3) is 0.615. The van der Waals surface area contributed by atoms with Crippen molar-refractivity contribution in [2.24, 2.45) is 0 Å². The summed E-state index contributed by atoms with van der Waals surface area (Å²) in [5.74, 6) is 0. The van der Waals surface area contributed by atoms with Gasteiger partial charge in [0.05, 0.1) is 18.6 Å². The molecule has 1 fully saturated rings. The highest BCUT2D eigenvalue weighted by molar-refractivity contribution is 5.73. The van der Waals surface area contributed by atoms with Crippen molar-refractivity contribution >= 4 is 11.2 Å². The van der Waals surface area contributed by atoms with Crippen LogP contribution in [0.2, 0.25) is 0 Å². The second-order valence-corrected chi connectivity index (χ2v) is 5.20. The molecule has 0 aliphatic carbocycles. The summed E-state index contributed by atoms with van der Waals surface area (Å²) in [6.07, 6.45) is -0.133. The molecule has 2 aromatic heterocycles. The summed E-state index contributed by atoms with van der Waals surface area (Å²) >= 11 is 0. The Morgan fingerprint density at radius 2 is 1.95 bits per heavy atom. The van der Waals surface area contributed by atoms with Crippen molar-refractivity contribution < 1.29 is 25.2 Å². The van der Waals surface area contributed by atoms with Crippen LogP contribution in [0.4, 0.5) is 0 Å². The van der Waals surface area contributed by atoms with Crippen LogP contribution in [0.15, 0.2) is 12.7 Å². The number of imidazole rings is 1. The van der Waals surface area contributed by atoms with Crippen molar-refractivity contribution in [3.05, 3.63) is 18.3 Å². The van der Waals surface area contributed by atoms with Gasteiger partial charge in [0.25, 0.3) is 0 Å². The maximum atomic E-state index is 10.1. The molecule has 1 aliphatic heterocycles. The Kier molecular flexibility index (Phi) is 4.32. The van der Waals surface area contributed by atoms with E-state index in [1.807, 2.05) is 0 Å². The van der Waals surface area contributed by atoms with E-state index in [9.17, 15) is 10.2 Å². The average Bonchev–Trinajstić information content (AvgIpc) is 3.08. The molecule has 0 amide bonds. The molecule has 22 heavy (non-hydrogen) atoms. The number of aromatic nitrogens is 4. The van der Waals surface area contributed by atoms with Gasteiger partial charge in [-0.2, -0.15) is 0 Å². The fourth-order valence-corrected chi connectivity index (χ4v) is 2.63. The van der Waals surface area contributed by atoms with E-state index in [2.05, 4.69) is 15.0 Å². The topological polar surface area (TPSA) is 134 Å². The van der Waals surface area contributed by atoms with Crippen LogP contribution in [-0.2, 0) is 11.2 Å². The Bertz CT molecular complexity index is 648. The van der Waals surface area contributed by atoms with Crippen LogP contribution in [0.3, 0.4) is 0 Å². The molecule has 120 valence electrons. The highest BCUT2D eigenvalue weighted by atomic mass is 16.6. The first-order valence-corrected chi connectivity index (χ1v) is 7.07. The van der Waals surface area contributed by atoms with E-state index < -0.39 is 31.1 Å². The standard InChI is InChI=1S/C13H18N4O5/c18-3-1-2-7-9-12(15-5-14-7)17(6-16-9)13-11(21)10(20)8(4-19)22-13/h5-6,8,10-11,13,18-21H,1-4H2/t8-,10+,11?,13-/m1/s1. The molecule has 0 aromatic carbocycles. The Morgan fingerprint density at radius 1 is 1.14 bits per heavy atom. The number of ether oxygens (including phenoxy) is 1. The molecule has 1 aliphatic rings.